The molecule has 0 fully saturated rings. The van der Waals surface area contributed by atoms with Gasteiger partial charge in [0.25, 0.3) is 0 Å². The summed E-state index contributed by atoms with van der Waals surface area (Å²) in [6.07, 6.45) is 59.5. The van der Waals surface area contributed by atoms with Crippen molar-refractivity contribution in [1.29, 1.82) is 0 Å². The number of esters is 2. The second-order valence-electron chi connectivity index (χ2n) is 20.2. The maximum absolute atomic E-state index is 14.0. The number of hydrogen-bond acceptors (Lipinski definition) is 5. The van der Waals surface area contributed by atoms with Crippen LogP contribution in [-0.4, -0.2) is 54.3 Å². The molecule has 0 bridgehead atoms. The summed E-state index contributed by atoms with van der Waals surface area (Å²) in [5.41, 5.74) is -1.54. The van der Waals surface area contributed by atoms with Crippen molar-refractivity contribution in [2.45, 2.75) is 329 Å². The van der Waals surface area contributed by atoms with Gasteiger partial charge in [0.05, 0.1) is 19.6 Å². The lowest BCUT2D eigenvalue weighted by atomic mass is 10.00. The molecule has 0 aromatic heterocycles. The highest BCUT2D eigenvalue weighted by atomic mass is 16.6. The fraction of sp³-hybridized carbons (Fsp3) is 0.948. The summed E-state index contributed by atoms with van der Waals surface area (Å²) in [7, 11) is 0. The van der Waals surface area contributed by atoms with Crippen LogP contribution in [0.15, 0.2) is 0 Å². The van der Waals surface area contributed by atoms with Gasteiger partial charge in [-0.1, -0.05) is 290 Å². The lowest BCUT2D eigenvalue weighted by Gasteiger charge is -2.21. The second-order valence-corrected chi connectivity index (χ2v) is 20.2. The van der Waals surface area contributed by atoms with E-state index in [0.717, 1.165) is 50.8 Å². The normalized spacial score (nSPS) is 13.5. The zero-order valence-corrected chi connectivity index (χ0v) is 43.8. The third kappa shape index (κ3) is 32.2. The minimum atomic E-state index is -1.54. The van der Waals surface area contributed by atoms with E-state index >= 15 is 0 Å². The van der Waals surface area contributed by atoms with Gasteiger partial charge in [0.2, 0.25) is 0 Å². The van der Waals surface area contributed by atoms with E-state index in [9.17, 15) is 9.59 Å². The van der Waals surface area contributed by atoms with E-state index in [1.165, 1.54) is 250 Å². The van der Waals surface area contributed by atoms with Crippen molar-refractivity contribution in [3.8, 4) is 0 Å². The van der Waals surface area contributed by atoms with E-state index in [4.69, 9.17) is 14.2 Å². The van der Waals surface area contributed by atoms with Crippen LogP contribution in [0.25, 0.3) is 0 Å². The number of ether oxygens (including phenoxy) is 3. The highest BCUT2D eigenvalue weighted by Crippen LogP contribution is 2.26. The predicted octanol–water partition coefficient (Wildman–Crippen LogP) is 18.3. The van der Waals surface area contributed by atoms with Crippen molar-refractivity contribution >= 4 is 17.8 Å². The number of carbonyl (C=O) groups is 2. The lowest BCUT2D eigenvalue weighted by Crippen LogP contribution is -2.58. The predicted molar refractivity (Wildman–Crippen MR) is 276 cm³/mol. The van der Waals surface area contributed by atoms with Crippen LogP contribution >= 0.6 is 0 Å². The Hall–Kier alpha value is -1.59. The Morgan fingerprint density at radius 2 is 0.609 bits per heavy atom. The van der Waals surface area contributed by atoms with Crippen LogP contribution in [0.1, 0.15) is 323 Å². The molecular formula is C58H112NO5+. The topological polar surface area (TPSA) is 64.8 Å². The van der Waals surface area contributed by atoms with E-state index in [1.54, 1.807) is 0 Å². The average molecular weight is 904 g/mol. The molecule has 1 rings (SSSR count). The molecule has 1 aliphatic heterocycles. The minimum Gasteiger partial charge on any atom is -0.460 e. The highest BCUT2D eigenvalue weighted by Gasteiger charge is 2.65. The zero-order chi connectivity index (χ0) is 46.3. The van der Waals surface area contributed by atoms with Crippen LogP contribution in [0, 0.1) is 0 Å². The van der Waals surface area contributed by atoms with Crippen LogP contribution in [0.2, 0.25) is 0 Å². The summed E-state index contributed by atoms with van der Waals surface area (Å²) < 4.78 is 20.0. The van der Waals surface area contributed by atoms with Crippen LogP contribution < -0.4 is 0 Å². The fourth-order valence-electron chi connectivity index (χ4n) is 9.79. The van der Waals surface area contributed by atoms with Gasteiger partial charge in [-0.05, 0) is 26.2 Å². The summed E-state index contributed by atoms with van der Waals surface area (Å²) in [5.74, 6) is -0.231. The van der Waals surface area contributed by atoms with Crippen LogP contribution in [0.5, 0.6) is 0 Å². The van der Waals surface area contributed by atoms with Gasteiger partial charge in [0.1, 0.15) is 6.54 Å². The molecule has 6 heteroatoms. The van der Waals surface area contributed by atoms with Gasteiger partial charge in [-0.2, -0.15) is 4.58 Å². The van der Waals surface area contributed by atoms with Crippen LogP contribution in [0.4, 0.5) is 0 Å². The van der Waals surface area contributed by atoms with Gasteiger partial charge in [-0.25, -0.2) is 9.59 Å². The maximum atomic E-state index is 14.0. The molecule has 0 saturated heterocycles. The van der Waals surface area contributed by atoms with E-state index in [2.05, 4.69) is 20.8 Å². The number of likely N-dealkylation sites (N-methyl/N-ethyl adjacent to an activating group) is 1. The second kappa shape index (κ2) is 46.5. The Labute approximate surface area is 399 Å². The first-order chi connectivity index (χ1) is 31.6. The van der Waals surface area contributed by atoms with Crippen molar-refractivity contribution in [3.05, 3.63) is 0 Å². The van der Waals surface area contributed by atoms with Gasteiger partial charge in [-0.3, -0.25) is 0 Å². The third-order valence-electron chi connectivity index (χ3n) is 14.2. The molecule has 0 atom stereocenters. The lowest BCUT2D eigenvalue weighted by molar-refractivity contribution is -0.570. The third-order valence-corrected chi connectivity index (χ3v) is 14.2. The number of hydrogen-bond donors (Lipinski definition) is 0. The smallest absolute Gasteiger partial charge is 0.395 e. The Balaban J connectivity index is 2.48. The largest absolute Gasteiger partial charge is 0.460 e. The van der Waals surface area contributed by atoms with Crippen molar-refractivity contribution in [2.75, 3.05) is 26.4 Å². The van der Waals surface area contributed by atoms with Crippen molar-refractivity contribution in [3.63, 3.8) is 0 Å². The van der Waals surface area contributed by atoms with Crippen molar-refractivity contribution in [2.24, 2.45) is 0 Å². The minimum absolute atomic E-state index is 0.00963. The molecule has 0 saturated carbocycles. The molecule has 64 heavy (non-hydrogen) atoms. The zero-order valence-electron chi connectivity index (χ0n) is 43.8. The summed E-state index contributed by atoms with van der Waals surface area (Å²) in [4.78, 5) is 28.0. The molecule has 0 aromatic carbocycles. The number of nitrogens with zero attached hydrogens (tertiary/aromatic N) is 1. The molecule has 0 amide bonds. The van der Waals surface area contributed by atoms with Gasteiger partial charge in [0.15, 0.2) is 6.61 Å². The number of carbonyl (C=O) groups excluding carboxylic acids is 2. The highest BCUT2D eigenvalue weighted by molar-refractivity contribution is 6.05. The van der Waals surface area contributed by atoms with E-state index in [-0.39, 0.29) is 6.61 Å². The summed E-state index contributed by atoms with van der Waals surface area (Å²) in [6.45, 7) is 10.1. The van der Waals surface area contributed by atoms with Gasteiger partial charge < -0.3 is 14.2 Å². The number of rotatable bonds is 51. The molecule has 1 heterocycles. The molecule has 0 radical (unpaired) electrons. The molecular weight excluding hydrogens is 791 g/mol. The Morgan fingerprint density at radius 3 is 0.859 bits per heavy atom. The molecule has 1 aliphatic rings. The molecule has 378 valence electrons. The van der Waals surface area contributed by atoms with E-state index in [1.807, 2.05) is 11.5 Å². The molecule has 0 aromatic rings. The fourth-order valence-corrected chi connectivity index (χ4v) is 9.79. The standard InChI is InChI=1S/C58H112NO5/c1-5-9-12-15-18-21-24-27-30-33-36-39-42-45-48-51-55-59(8-4)58(54-64-55,56(60)62-52-49-46-43-40-37-34-31-28-25-22-19-16-13-10-6-2)57(61)63-53-50-47-44-41-38-35-32-29-26-23-20-17-14-11-7-3/h5-54H2,1-4H3/q+1. The SMILES string of the molecule is CCCCCCCCCCCCCCCCCOC(=O)C1(C(=O)OCCCCCCCCCCCCCCCCC)COC(CCCCCCCCCCCCCCCCC)=[N+]1CC. The Bertz CT molecular complexity index is 1010. The summed E-state index contributed by atoms with van der Waals surface area (Å²) >= 11 is 0. The summed E-state index contributed by atoms with van der Waals surface area (Å²) in [6, 6.07) is 0. The van der Waals surface area contributed by atoms with Crippen molar-refractivity contribution in [1.82, 2.24) is 0 Å². The first-order valence-electron chi connectivity index (χ1n) is 29.2. The van der Waals surface area contributed by atoms with Gasteiger partial charge in [-0.15, -0.1) is 0 Å². The first kappa shape index (κ1) is 60.4. The van der Waals surface area contributed by atoms with Crippen LogP contribution in [0.3, 0.4) is 0 Å². The summed E-state index contributed by atoms with van der Waals surface area (Å²) in [5, 5.41) is 0. The average Bonchev–Trinajstić information content (AvgIpc) is 3.69. The molecule has 6 nitrogen and oxygen atoms in total. The number of unbranched alkanes of at least 4 members (excludes halogenated alkanes) is 42. The van der Waals surface area contributed by atoms with Crippen molar-refractivity contribution < 1.29 is 28.4 Å². The molecule has 0 aliphatic carbocycles. The monoisotopic (exact) mass is 903 g/mol. The molecule has 0 spiro atoms. The Morgan fingerprint density at radius 1 is 0.375 bits per heavy atom. The van der Waals surface area contributed by atoms with E-state index < -0.39 is 17.5 Å². The van der Waals surface area contributed by atoms with E-state index in [0.29, 0.717) is 19.8 Å². The first-order valence-corrected chi connectivity index (χ1v) is 29.2. The van der Waals surface area contributed by atoms with Gasteiger partial charge >= 0.3 is 23.4 Å². The maximum Gasteiger partial charge on any atom is 0.395 e. The van der Waals surface area contributed by atoms with Gasteiger partial charge in [0, 0.05) is 0 Å². The quantitative estimate of drug-likeness (QED) is 0.0263. The van der Waals surface area contributed by atoms with Crippen LogP contribution in [-0.2, 0) is 23.8 Å². The molecule has 0 N–H and O–H groups in total. The molecule has 0 unspecified atom stereocenters. The Kier molecular flexibility index (Phi) is 43.9.